The van der Waals surface area contributed by atoms with Crippen LogP contribution in [0.15, 0.2) is 6.07 Å². The lowest BCUT2D eigenvalue weighted by Gasteiger charge is -2.05. The van der Waals surface area contributed by atoms with Crippen LogP contribution in [0.2, 0.25) is 5.15 Å². The third-order valence-electron chi connectivity index (χ3n) is 1.57. The van der Waals surface area contributed by atoms with Gasteiger partial charge in [0.25, 0.3) is 0 Å². The van der Waals surface area contributed by atoms with Crippen LogP contribution in [0.3, 0.4) is 0 Å². The summed E-state index contributed by atoms with van der Waals surface area (Å²) in [6, 6.07) is 1.70. The molecule has 0 spiro atoms. The number of anilines is 1. The van der Waals surface area contributed by atoms with Gasteiger partial charge in [0.2, 0.25) is 0 Å². The highest BCUT2D eigenvalue weighted by atomic mass is 35.5. The predicted octanol–water partition coefficient (Wildman–Crippen LogP) is 2.10. The number of ether oxygens (including phenoxy) is 1. The van der Waals surface area contributed by atoms with Crippen LogP contribution in [0.1, 0.15) is 19.2 Å². The van der Waals surface area contributed by atoms with Gasteiger partial charge in [-0.05, 0) is 6.42 Å². The SMILES string of the molecule is CCCNc1cc(Cl)nc(COC)n1. The maximum atomic E-state index is 5.82. The van der Waals surface area contributed by atoms with E-state index in [-0.39, 0.29) is 0 Å². The lowest BCUT2D eigenvalue weighted by atomic mass is 10.4. The van der Waals surface area contributed by atoms with Crippen molar-refractivity contribution >= 4 is 17.4 Å². The van der Waals surface area contributed by atoms with Crippen LogP contribution >= 0.6 is 11.6 Å². The zero-order valence-electron chi connectivity index (χ0n) is 8.38. The summed E-state index contributed by atoms with van der Waals surface area (Å²) in [5.41, 5.74) is 0. The summed E-state index contributed by atoms with van der Waals surface area (Å²) in [5.74, 6) is 1.34. The molecule has 14 heavy (non-hydrogen) atoms. The first-order chi connectivity index (χ1) is 6.76. The molecule has 5 heteroatoms. The van der Waals surface area contributed by atoms with E-state index in [0.717, 1.165) is 18.8 Å². The van der Waals surface area contributed by atoms with E-state index in [4.69, 9.17) is 16.3 Å². The van der Waals surface area contributed by atoms with Crippen LogP contribution in [0.4, 0.5) is 5.82 Å². The van der Waals surface area contributed by atoms with E-state index in [2.05, 4.69) is 22.2 Å². The molecule has 4 nitrogen and oxygen atoms in total. The standard InChI is InChI=1S/C9H14ClN3O/c1-3-4-11-8-5-7(10)12-9(13-8)6-14-2/h5H,3-4,6H2,1-2H3,(H,11,12,13). The third kappa shape index (κ3) is 3.47. The lowest BCUT2D eigenvalue weighted by molar-refractivity contribution is 0.178. The second kappa shape index (κ2) is 5.78. The van der Waals surface area contributed by atoms with Gasteiger partial charge >= 0.3 is 0 Å². The average Bonchev–Trinajstić information content (AvgIpc) is 2.14. The summed E-state index contributed by atoms with van der Waals surface area (Å²) >= 11 is 5.82. The van der Waals surface area contributed by atoms with Gasteiger partial charge in [-0.3, -0.25) is 0 Å². The highest BCUT2D eigenvalue weighted by Crippen LogP contribution is 2.11. The Balaban J connectivity index is 2.73. The zero-order valence-corrected chi connectivity index (χ0v) is 9.14. The fraction of sp³-hybridized carbons (Fsp3) is 0.556. The maximum absolute atomic E-state index is 5.82. The minimum absolute atomic E-state index is 0.376. The van der Waals surface area contributed by atoms with Crippen LogP contribution in [-0.4, -0.2) is 23.6 Å². The molecule has 0 amide bonds. The molecule has 0 saturated heterocycles. The Hall–Kier alpha value is -0.870. The highest BCUT2D eigenvalue weighted by molar-refractivity contribution is 6.29. The van der Waals surface area contributed by atoms with E-state index in [1.807, 2.05) is 0 Å². The van der Waals surface area contributed by atoms with Gasteiger partial charge < -0.3 is 10.1 Å². The summed E-state index contributed by atoms with van der Waals surface area (Å²) in [4.78, 5) is 8.25. The van der Waals surface area contributed by atoms with E-state index in [1.54, 1.807) is 13.2 Å². The van der Waals surface area contributed by atoms with E-state index < -0.39 is 0 Å². The van der Waals surface area contributed by atoms with Crippen LogP contribution < -0.4 is 5.32 Å². The number of halogens is 1. The Morgan fingerprint density at radius 1 is 1.50 bits per heavy atom. The monoisotopic (exact) mass is 215 g/mol. The molecule has 0 radical (unpaired) electrons. The molecule has 0 fully saturated rings. The van der Waals surface area contributed by atoms with Gasteiger partial charge in [0, 0.05) is 19.7 Å². The topological polar surface area (TPSA) is 47.0 Å². The van der Waals surface area contributed by atoms with Crippen LogP contribution in [0.5, 0.6) is 0 Å². The number of rotatable bonds is 5. The molecule has 0 atom stereocenters. The molecular formula is C9H14ClN3O. The van der Waals surface area contributed by atoms with Gasteiger partial charge in [-0.1, -0.05) is 18.5 Å². The van der Waals surface area contributed by atoms with Gasteiger partial charge in [0.1, 0.15) is 17.6 Å². The van der Waals surface area contributed by atoms with Crippen molar-refractivity contribution in [2.75, 3.05) is 19.0 Å². The Kier molecular flexibility index (Phi) is 4.62. The summed E-state index contributed by atoms with van der Waals surface area (Å²) in [6.07, 6.45) is 1.04. The fourth-order valence-corrected chi connectivity index (χ4v) is 1.20. The van der Waals surface area contributed by atoms with E-state index in [1.165, 1.54) is 0 Å². The number of aromatic nitrogens is 2. The number of nitrogens with zero attached hydrogens (tertiary/aromatic N) is 2. The largest absolute Gasteiger partial charge is 0.377 e. The van der Waals surface area contributed by atoms with Gasteiger partial charge in [-0.25, -0.2) is 9.97 Å². The van der Waals surface area contributed by atoms with Gasteiger partial charge in [0.15, 0.2) is 5.82 Å². The molecule has 1 N–H and O–H groups in total. The number of nitrogens with one attached hydrogen (secondary N) is 1. The van der Waals surface area contributed by atoms with Crippen molar-refractivity contribution in [3.8, 4) is 0 Å². The van der Waals surface area contributed by atoms with E-state index in [0.29, 0.717) is 17.6 Å². The predicted molar refractivity (Wildman–Crippen MR) is 56.5 cm³/mol. The van der Waals surface area contributed by atoms with Crippen molar-refractivity contribution in [2.24, 2.45) is 0 Å². The highest BCUT2D eigenvalue weighted by Gasteiger charge is 2.01. The van der Waals surface area contributed by atoms with Crippen molar-refractivity contribution in [1.82, 2.24) is 9.97 Å². The summed E-state index contributed by atoms with van der Waals surface area (Å²) in [7, 11) is 1.60. The van der Waals surface area contributed by atoms with Crippen LogP contribution in [0.25, 0.3) is 0 Å². The normalized spacial score (nSPS) is 10.2. The molecule has 1 aromatic rings. The summed E-state index contributed by atoms with van der Waals surface area (Å²) < 4.78 is 4.93. The van der Waals surface area contributed by atoms with Gasteiger partial charge in [0.05, 0.1) is 0 Å². The molecule has 78 valence electrons. The fourth-order valence-electron chi connectivity index (χ4n) is 1.00. The molecule has 0 aromatic carbocycles. The van der Waals surface area contributed by atoms with Crippen molar-refractivity contribution in [1.29, 1.82) is 0 Å². The second-order valence-electron chi connectivity index (χ2n) is 2.85. The van der Waals surface area contributed by atoms with Gasteiger partial charge in [-0.15, -0.1) is 0 Å². The average molecular weight is 216 g/mol. The minimum Gasteiger partial charge on any atom is -0.377 e. The Bertz CT molecular complexity index is 293. The minimum atomic E-state index is 0.376. The molecule has 1 heterocycles. The Morgan fingerprint density at radius 2 is 2.29 bits per heavy atom. The number of hydrogen-bond donors (Lipinski definition) is 1. The van der Waals surface area contributed by atoms with Crippen LogP contribution in [-0.2, 0) is 11.3 Å². The molecule has 0 unspecified atom stereocenters. The molecule has 0 aliphatic heterocycles. The lowest BCUT2D eigenvalue weighted by Crippen LogP contribution is -2.05. The quantitative estimate of drug-likeness (QED) is 0.765. The Labute approximate surface area is 88.7 Å². The number of hydrogen-bond acceptors (Lipinski definition) is 4. The number of methoxy groups -OCH3 is 1. The smallest absolute Gasteiger partial charge is 0.158 e. The van der Waals surface area contributed by atoms with Crippen molar-refractivity contribution in [2.45, 2.75) is 20.0 Å². The summed E-state index contributed by atoms with van der Waals surface area (Å²) in [5, 5.41) is 3.58. The molecule has 0 saturated carbocycles. The zero-order chi connectivity index (χ0) is 10.4. The first-order valence-corrected chi connectivity index (χ1v) is 4.90. The van der Waals surface area contributed by atoms with E-state index in [9.17, 15) is 0 Å². The van der Waals surface area contributed by atoms with Gasteiger partial charge in [-0.2, -0.15) is 0 Å². The third-order valence-corrected chi connectivity index (χ3v) is 1.76. The summed E-state index contributed by atoms with van der Waals surface area (Å²) in [6.45, 7) is 3.34. The Morgan fingerprint density at radius 3 is 2.93 bits per heavy atom. The first kappa shape index (κ1) is 11.2. The van der Waals surface area contributed by atoms with E-state index >= 15 is 0 Å². The molecule has 1 rings (SSSR count). The van der Waals surface area contributed by atoms with Crippen LogP contribution in [0, 0.1) is 0 Å². The van der Waals surface area contributed by atoms with Crippen molar-refractivity contribution < 1.29 is 4.74 Å². The second-order valence-corrected chi connectivity index (χ2v) is 3.24. The molecule has 0 aliphatic carbocycles. The molecule has 0 aliphatic rings. The van der Waals surface area contributed by atoms with Crippen molar-refractivity contribution in [3.63, 3.8) is 0 Å². The first-order valence-electron chi connectivity index (χ1n) is 4.52. The maximum Gasteiger partial charge on any atom is 0.158 e. The molecule has 0 bridgehead atoms. The molecular weight excluding hydrogens is 202 g/mol. The van der Waals surface area contributed by atoms with Crippen molar-refractivity contribution in [3.05, 3.63) is 17.0 Å². The molecule has 1 aromatic heterocycles.